The first-order valence-corrected chi connectivity index (χ1v) is 12.0. The predicted molar refractivity (Wildman–Crippen MR) is 135 cm³/mol. The molecule has 3 aromatic rings. The van der Waals surface area contributed by atoms with Gasteiger partial charge in [-0.15, -0.1) is 5.10 Å². The number of aromatic nitrogens is 3. The lowest BCUT2D eigenvalue weighted by Gasteiger charge is -2.32. The van der Waals surface area contributed by atoms with E-state index in [0.29, 0.717) is 35.4 Å². The van der Waals surface area contributed by atoms with Gasteiger partial charge >= 0.3 is 0 Å². The van der Waals surface area contributed by atoms with Gasteiger partial charge < -0.3 is 29.4 Å². The van der Waals surface area contributed by atoms with Crippen LogP contribution in [0.4, 0.5) is 5.69 Å². The monoisotopic (exact) mass is 477 g/mol. The van der Waals surface area contributed by atoms with Crippen molar-refractivity contribution < 1.29 is 14.6 Å². The number of hydrogen-bond donors (Lipinski definition) is 3. The van der Waals surface area contributed by atoms with Crippen molar-refractivity contribution in [2.24, 2.45) is 4.99 Å². The Hall–Kier alpha value is -3.47. The number of H-pyrrole nitrogens is 1. The van der Waals surface area contributed by atoms with Crippen LogP contribution < -0.4 is 4.74 Å². The largest absolute Gasteiger partial charge is 0.491 e. The van der Waals surface area contributed by atoms with Crippen molar-refractivity contribution in [2.75, 3.05) is 59.6 Å². The predicted octanol–water partition coefficient (Wildman–Crippen LogP) is 2.18. The second-order valence-electron chi connectivity index (χ2n) is 8.75. The van der Waals surface area contributed by atoms with Gasteiger partial charge in [-0.2, -0.15) is 0 Å². The number of aromatic amines is 1. The Morgan fingerprint density at radius 1 is 1.14 bits per heavy atom. The second-order valence-corrected chi connectivity index (χ2v) is 8.75. The van der Waals surface area contributed by atoms with Crippen LogP contribution in [-0.4, -0.2) is 101 Å². The summed E-state index contributed by atoms with van der Waals surface area (Å²) in [5, 5.41) is 22.4. The van der Waals surface area contributed by atoms with Gasteiger partial charge in [0.15, 0.2) is 5.69 Å². The van der Waals surface area contributed by atoms with E-state index >= 15 is 0 Å². The standard InChI is InChI=1S/C25H31N7O3/c1-30-10-12-31(13-11-30)8-4-15-34-21-17-19(22(26)18-6-7-27-23(18)21)28-24-20-5-2-3-9-32(20)29-25(24)35-16-14-33/h2-3,5-7,9,17,26-27,33H,4,8,10-16H2,1H3. The van der Waals surface area contributed by atoms with Gasteiger partial charge in [0.25, 0.3) is 5.88 Å². The molecule has 1 aliphatic heterocycles. The fraction of sp³-hybridized carbons (Fsp3) is 0.400. The number of ether oxygens (including phenoxy) is 2. The molecule has 10 nitrogen and oxygen atoms in total. The highest BCUT2D eigenvalue weighted by Gasteiger charge is 2.25. The van der Waals surface area contributed by atoms with Gasteiger partial charge in [0.1, 0.15) is 12.4 Å². The first kappa shape index (κ1) is 23.3. The third-order valence-electron chi connectivity index (χ3n) is 6.30. The number of nitrogens with zero attached hydrogens (tertiary/aromatic N) is 5. The molecule has 1 saturated heterocycles. The van der Waals surface area contributed by atoms with E-state index in [1.54, 1.807) is 10.6 Å². The lowest BCUT2D eigenvalue weighted by molar-refractivity contribution is 0.142. The minimum atomic E-state index is -0.127. The van der Waals surface area contributed by atoms with Crippen molar-refractivity contribution in [3.8, 4) is 5.88 Å². The van der Waals surface area contributed by atoms with Crippen LogP contribution >= 0.6 is 0 Å². The molecule has 35 heavy (non-hydrogen) atoms. The molecule has 0 radical (unpaired) electrons. The van der Waals surface area contributed by atoms with Gasteiger partial charge in [-0.1, -0.05) is 6.07 Å². The molecule has 4 heterocycles. The number of nitrogens with one attached hydrogen (secondary N) is 2. The van der Waals surface area contributed by atoms with E-state index in [1.165, 1.54) is 0 Å². The molecule has 5 rings (SSSR count). The zero-order valence-corrected chi connectivity index (χ0v) is 19.9. The molecule has 1 aliphatic carbocycles. The van der Waals surface area contributed by atoms with E-state index in [2.05, 4.69) is 26.9 Å². The first-order valence-electron chi connectivity index (χ1n) is 12.0. The summed E-state index contributed by atoms with van der Waals surface area (Å²) in [4.78, 5) is 12.8. The molecule has 3 aromatic heterocycles. The van der Waals surface area contributed by atoms with Crippen LogP contribution in [-0.2, 0) is 4.74 Å². The molecule has 0 unspecified atom stereocenters. The highest BCUT2D eigenvalue weighted by Crippen LogP contribution is 2.34. The van der Waals surface area contributed by atoms with E-state index in [0.717, 1.165) is 55.9 Å². The van der Waals surface area contributed by atoms with E-state index < -0.39 is 0 Å². The average Bonchev–Trinajstić information content (AvgIpc) is 3.50. The van der Waals surface area contributed by atoms with Gasteiger partial charge in [0, 0.05) is 56.8 Å². The Labute approximate surface area is 204 Å². The van der Waals surface area contributed by atoms with Gasteiger partial charge in [-0.05, 0) is 31.7 Å². The molecular formula is C25H31N7O3. The van der Waals surface area contributed by atoms with Crippen LogP contribution in [0.5, 0.6) is 5.88 Å². The Balaban J connectivity index is 1.37. The molecule has 2 aliphatic rings. The zero-order chi connectivity index (χ0) is 24.2. The van der Waals surface area contributed by atoms with E-state index in [1.807, 2.05) is 36.7 Å². The zero-order valence-electron chi connectivity index (χ0n) is 19.9. The van der Waals surface area contributed by atoms with E-state index in [4.69, 9.17) is 19.9 Å². The third kappa shape index (κ3) is 5.00. The maximum absolute atomic E-state index is 9.21. The minimum absolute atomic E-state index is 0.110. The maximum atomic E-state index is 9.21. The lowest BCUT2D eigenvalue weighted by atomic mass is 9.98. The highest BCUT2D eigenvalue weighted by atomic mass is 16.5. The number of aliphatic imine (C=N–C) groups is 1. The van der Waals surface area contributed by atoms with Crippen molar-refractivity contribution in [3.63, 3.8) is 0 Å². The van der Waals surface area contributed by atoms with Crippen LogP contribution in [0.1, 0.15) is 17.7 Å². The summed E-state index contributed by atoms with van der Waals surface area (Å²) >= 11 is 0. The van der Waals surface area contributed by atoms with Gasteiger partial charge in [0.05, 0.1) is 35.8 Å². The van der Waals surface area contributed by atoms with E-state index in [9.17, 15) is 5.11 Å². The average molecular weight is 478 g/mol. The summed E-state index contributed by atoms with van der Waals surface area (Å²) in [6.45, 7) is 5.96. The molecule has 3 N–H and O–H groups in total. The lowest BCUT2D eigenvalue weighted by Crippen LogP contribution is -2.44. The van der Waals surface area contributed by atoms with Crippen LogP contribution in [0, 0.1) is 5.41 Å². The summed E-state index contributed by atoms with van der Waals surface area (Å²) in [5.74, 6) is 0.987. The topological polar surface area (TPSA) is 114 Å². The molecular weight excluding hydrogens is 446 g/mol. The third-order valence-corrected chi connectivity index (χ3v) is 6.30. The quantitative estimate of drug-likeness (QED) is 0.407. The molecule has 0 saturated carbocycles. The number of likely N-dealkylation sites (N-methyl/N-ethyl adjacent to an activating group) is 1. The van der Waals surface area contributed by atoms with Gasteiger partial charge in [-0.25, -0.2) is 9.51 Å². The summed E-state index contributed by atoms with van der Waals surface area (Å²) in [5.41, 5.74) is 3.58. The number of allylic oxidation sites excluding steroid dienone is 1. The van der Waals surface area contributed by atoms with Crippen molar-refractivity contribution in [1.29, 1.82) is 5.41 Å². The number of aliphatic hydroxyl groups excluding tert-OH is 1. The second kappa shape index (κ2) is 10.4. The molecule has 0 bridgehead atoms. The fourth-order valence-electron chi connectivity index (χ4n) is 4.36. The van der Waals surface area contributed by atoms with Crippen molar-refractivity contribution in [1.82, 2.24) is 24.4 Å². The number of aliphatic hydroxyl groups is 1. The molecule has 184 valence electrons. The van der Waals surface area contributed by atoms with Crippen LogP contribution in [0.3, 0.4) is 0 Å². The molecule has 0 aromatic carbocycles. The van der Waals surface area contributed by atoms with Crippen molar-refractivity contribution in [2.45, 2.75) is 6.42 Å². The number of rotatable bonds is 9. The highest BCUT2D eigenvalue weighted by molar-refractivity contribution is 6.54. The number of pyridine rings is 1. The molecule has 1 fully saturated rings. The molecule has 0 amide bonds. The van der Waals surface area contributed by atoms with Crippen LogP contribution in [0.15, 0.2) is 47.7 Å². The summed E-state index contributed by atoms with van der Waals surface area (Å²) in [6, 6.07) is 7.53. The Morgan fingerprint density at radius 2 is 2.00 bits per heavy atom. The fourth-order valence-corrected chi connectivity index (χ4v) is 4.36. The summed E-state index contributed by atoms with van der Waals surface area (Å²) in [6.07, 6.45) is 6.36. The maximum Gasteiger partial charge on any atom is 0.260 e. The van der Waals surface area contributed by atoms with Gasteiger partial charge in [0.2, 0.25) is 0 Å². The van der Waals surface area contributed by atoms with Crippen LogP contribution in [0.25, 0.3) is 11.3 Å². The molecule has 0 atom stereocenters. The molecule has 10 heteroatoms. The number of hydrogen-bond acceptors (Lipinski definition) is 8. The van der Waals surface area contributed by atoms with E-state index in [-0.39, 0.29) is 13.2 Å². The number of fused-ring (bicyclic) bond motifs is 2. The minimum Gasteiger partial charge on any atom is -0.491 e. The van der Waals surface area contributed by atoms with Crippen LogP contribution in [0.2, 0.25) is 0 Å². The SMILES string of the molecule is CN1CCN(CCCOC2=CC(=Nc3c(OCCO)nn4ccccc34)C(=N)c3cc[nH]c32)CC1. The Morgan fingerprint density at radius 3 is 2.83 bits per heavy atom. The van der Waals surface area contributed by atoms with Gasteiger partial charge in [-0.3, -0.25) is 5.41 Å². The van der Waals surface area contributed by atoms with Crippen molar-refractivity contribution in [3.05, 3.63) is 54.0 Å². The Bertz CT molecular complexity index is 1250. The smallest absolute Gasteiger partial charge is 0.260 e. The number of piperazine rings is 1. The summed E-state index contributed by atoms with van der Waals surface area (Å²) in [7, 11) is 2.16. The first-order chi connectivity index (χ1) is 17.1. The Kier molecular flexibility index (Phi) is 6.94. The summed E-state index contributed by atoms with van der Waals surface area (Å²) < 4.78 is 13.5. The normalized spacial score (nSPS) is 18.2. The molecule has 0 spiro atoms. The van der Waals surface area contributed by atoms with Crippen molar-refractivity contribution >= 4 is 28.4 Å².